The fourth-order valence-corrected chi connectivity index (χ4v) is 4.02. The molecule has 26 heavy (non-hydrogen) atoms. The van der Waals surface area contributed by atoms with Crippen LogP contribution in [0.2, 0.25) is 0 Å². The van der Waals surface area contributed by atoms with Crippen LogP contribution in [0.1, 0.15) is 23.5 Å². The molecular weight excluding hydrogens is 359 g/mol. The monoisotopic (exact) mass is 374 g/mol. The summed E-state index contributed by atoms with van der Waals surface area (Å²) < 4.78 is 45.5. The first-order valence-corrected chi connectivity index (χ1v) is 9.25. The van der Waals surface area contributed by atoms with Crippen LogP contribution < -0.4 is 9.46 Å². The summed E-state index contributed by atoms with van der Waals surface area (Å²) >= 11 is 0. The van der Waals surface area contributed by atoms with Gasteiger partial charge in [-0.1, -0.05) is 18.2 Å². The van der Waals surface area contributed by atoms with Gasteiger partial charge in [-0.2, -0.15) is 5.26 Å². The Labute approximate surface area is 150 Å². The molecule has 0 spiro atoms. The van der Waals surface area contributed by atoms with Crippen molar-refractivity contribution in [2.24, 2.45) is 5.92 Å². The third kappa shape index (κ3) is 3.39. The summed E-state index contributed by atoms with van der Waals surface area (Å²) in [5.74, 6) is -1.59. The second-order valence-corrected chi connectivity index (χ2v) is 7.57. The van der Waals surface area contributed by atoms with Crippen molar-refractivity contribution in [3.8, 4) is 11.8 Å². The van der Waals surface area contributed by atoms with E-state index in [1.165, 1.54) is 19.2 Å². The second-order valence-electron chi connectivity index (χ2n) is 5.92. The average Bonchev–Trinajstić information content (AvgIpc) is 3.42. The Bertz CT molecular complexity index is 1010. The molecule has 0 unspecified atom stereocenters. The average molecular weight is 374 g/mol. The molecule has 1 aliphatic carbocycles. The minimum Gasteiger partial charge on any atom is -0.497 e. The SMILES string of the molecule is COc1cccc([C@@H]2C[C@@H]2C(=O)NS(=O)(=O)c2cccc(F)c2C#N)c1. The summed E-state index contributed by atoms with van der Waals surface area (Å²) in [6, 6.07) is 12.0. The lowest BCUT2D eigenvalue weighted by Crippen LogP contribution is -2.32. The number of carbonyl (C=O) groups excluding carboxylic acids is 1. The van der Waals surface area contributed by atoms with Crippen molar-refractivity contribution in [2.75, 3.05) is 7.11 Å². The van der Waals surface area contributed by atoms with E-state index < -0.39 is 38.1 Å². The number of hydrogen-bond donors (Lipinski definition) is 1. The first kappa shape index (κ1) is 17.9. The highest BCUT2D eigenvalue weighted by molar-refractivity contribution is 7.90. The van der Waals surface area contributed by atoms with Crippen molar-refractivity contribution in [1.82, 2.24) is 4.72 Å². The van der Waals surface area contributed by atoms with Crippen molar-refractivity contribution in [2.45, 2.75) is 17.2 Å². The van der Waals surface area contributed by atoms with Gasteiger partial charge < -0.3 is 4.74 Å². The molecular formula is C18H15FN2O4S. The number of methoxy groups -OCH3 is 1. The number of ether oxygens (including phenoxy) is 1. The molecule has 1 aliphatic rings. The van der Waals surface area contributed by atoms with Crippen LogP contribution in [-0.2, 0) is 14.8 Å². The van der Waals surface area contributed by atoms with E-state index in [0.29, 0.717) is 12.2 Å². The minimum absolute atomic E-state index is 0.108. The van der Waals surface area contributed by atoms with Gasteiger partial charge in [0.15, 0.2) is 0 Å². The van der Waals surface area contributed by atoms with E-state index in [0.717, 1.165) is 17.7 Å². The fourth-order valence-electron chi connectivity index (χ4n) is 2.83. The minimum atomic E-state index is -4.33. The fraction of sp³-hybridized carbons (Fsp3) is 0.222. The van der Waals surface area contributed by atoms with Gasteiger partial charge in [0.2, 0.25) is 5.91 Å². The molecule has 2 aromatic carbocycles. The number of benzene rings is 2. The molecule has 0 aliphatic heterocycles. The molecule has 0 bridgehead atoms. The molecule has 2 atom stereocenters. The highest BCUT2D eigenvalue weighted by Gasteiger charge is 2.45. The van der Waals surface area contributed by atoms with Crippen LogP contribution in [0, 0.1) is 23.1 Å². The zero-order valence-corrected chi connectivity index (χ0v) is 14.6. The maximum Gasteiger partial charge on any atom is 0.265 e. The number of halogens is 1. The van der Waals surface area contributed by atoms with Gasteiger partial charge in [-0.3, -0.25) is 4.79 Å². The largest absolute Gasteiger partial charge is 0.497 e. The van der Waals surface area contributed by atoms with Crippen LogP contribution in [0.25, 0.3) is 0 Å². The van der Waals surface area contributed by atoms with E-state index in [1.807, 2.05) is 10.8 Å². The van der Waals surface area contributed by atoms with Crippen molar-refractivity contribution < 1.29 is 22.3 Å². The number of amides is 1. The summed E-state index contributed by atoms with van der Waals surface area (Å²) in [6.07, 6.45) is 0.503. The van der Waals surface area contributed by atoms with Crippen LogP contribution >= 0.6 is 0 Å². The molecule has 0 aromatic heterocycles. The second kappa shape index (κ2) is 6.77. The molecule has 1 amide bonds. The molecule has 0 heterocycles. The predicted octanol–water partition coefficient (Wildman–Crippen LogP) is 2.31. The summed E-state index contributed by atoms with van der Waals surface area (Å²) in [5, 5.41) is 8.98. The van der Waals surface area contributed by atoms with Gasteiger partial charge in [-0.15, -0.1) is 0 Å². The third-order valence-corrected chi connectivity index (χ3v) is 5.65. The molecule has 1 fully saturated rings. The standard InChI is InChI=1S/C18H15FN2O4S/c1-25-12-5-2-4-11(8-12)13-9-14(13)18(22)21-26(23,24)17-7-3-6-16(19)15(17)10-20/h2-8,13-14H,9H2,1H3,(H,21,22)/t13-,14-/m0/s1. The van der Waals surface area contributed by atoms with Crippen molar-refractivity contribution in [1.29, 1.82) is 5.26 Å². The van der Waals surface area contributed by atoms with Gasteiger partial charge >= 0.3 is 0 Å². The Morgan fingerprint density at radius 1 is 1.31 bits per heavy atom. The van der Waals surface area contributed by atoms with Crippen LogP contribution in [0.5, 0.6) is 5.75 Å². The zero-order valence-electron chi connectivity index (χ0n) is 13.8. The number of nitrogens with zero attached hydrogens (tertiary/aromatic N) is 1. The molecule has 0 radical (unpaired) electrons. The Balaban J connectivity index is 1.77. The normalized spacial score (nSPS) is 18.7. The zero-order chi connectivity index (χ0) is 18.9. The lowest BCUT2D eigenvalue weighted by atomic mass is 10.1. The molecule has 8 heteroatoms. The third-order valence-electron chi connectivity index (χ3n) is 4.26. The number of sulfonamides is 1. The Morgan fingerprint density at radius 2 is 2.04 bits per heavy atom. The molecule has 1 N–H and O–H groups in total. The maximum atomic E-state index is 13.6. The summed E-state index contributed by atoms with van der Waals surface area (Å²) in [4.78, 5) is 11.8. The first-order valence-electron chi connectivity index (χ1n) is 7.76. The van der Waals surface area contributed by atoms with Gasteiger partial charge in [-0.05, 0) is 42.2 Å². The van der Waals surface area contributed by atoms with E-state index in [1.54, 1.807) is 18.2 Å². The Kier molecular flexibility index (Phi) is 4.66. The van der Waals surface area contributed by atoms with E-state index in [4.69, 9.17) is 10.00 Å². The lowest BCUT2D eigenvalue weighted by Gasteiger charge is -2.09. The van der Waals surface area contributed by atoms with Crippen LogP contribution in [0.4, 0.5) is 4.39 Å². The van der Waals surface area contributed by atoms with E-state index in [2.05, 4.69) is 0 Å². The summed E-state index contributed by atoms with van der Waals surface area (Å²) in [6.45, 7) is 0. The summed E-state index contributed by atoms with van der Waals surface area (Å²) in [7, 11) is -2.80. The van der Waals surface area contributed by atoms with E-state index in [9.17, 15) is 17.6 Å². The van der Waals surface area contributed by atoms with E-state index in [-0.39, 0.29) is 5.92 Å². The predicted molar refractivity (Wildman–Crippen MR) is 90.3 cm³/mol. The Morgan fingerprint density at radius 3 is 2.73 bits per heavy atom. The van der Waals surface area contributed by atoms with Crippen molar-refractivity contribution in [3.05, 3.63) is 59.4 Å². The Hall–Kier alpha value is -2.92. The maximum absolute atomic E-state index is 13.6. The first-order chi connectivity index (χ1) is 12.4. The van der Waals surface area contributed by atoms with Crippen molar-refractivity contribution >= 4 is 15.9 Å². The van der Waals surface area contributed by atoms with Gasteiger partial charge in [0.1, 0.15) is 28.1 Å². The number of rotatable bonds is 5. The highest BCUT2D eigenvalue weighted by Crippen LogP contribution is 2.48. The van der Waals surface area contributed by atoms with Crippen LogP contribution in [0.15, 0.2) is 47.4 Å². The number of nitriles is 1. The van der Waals surface area contributed by atoms with Crippen LogP contribution in [0.3, 0.4) is 0 Å². The smallest absolute Gasteiger partial charge is 0.265 e. The molecule has 3 rings (SSSR count). The molecule has 6 nitrogen and oxygen atoms in total. The molecule has 0 saturated heterocycles. The van der Waals surface area contributed by atoms with Crippen molar-refractivity contribution in [3.63, 3.8) is 0 Å². The van der Waals surface area contributed by atoms with Gasteiger partial charge in [-0.25, -0.2) is 17.5 Å². The quantitative estimate of drug-likeness (QED) is 0.866. The van der Waals surface area contributed by atoms with Gasteiger partial charge in [0.05, 0.1) is 7.11 Å². The summed E-state index contributed by atoms with van der Waals surface area (Å²) in [5.41, 5.74) is 0.262. The number of nitrogens with one attached hydrogen (secondary N) is 1. The number of hydrogen-bond acceptors (Lipinski definition) is 5. The number of carbonyl (C=O) groups is 1. The van der Waals surface area contributed by atoms with Gasteiger partial charge in [0.25, 0.3) is 10.0 Å². The molecule has 134 valence electrons. The van der Waals surface area contributed by atoms with E-state index >= 15 is 0 Å². The molecule has 2 aromatic rings. The topological polar surface area (TPSA) is 96.3 Å². The van der Waals surface area contributed by atoms with Gasteiger partial charge in [0, 0.05) is 5.92 Å². The highest BCUT2D eigenvalue weighted by atomic mass is 32.2. The lowest BCUT2D eigenvalue weighted by molar-refractivity contribution is -0.120. The van der Waals surface area contributed by atoms with Crippen LogP contribution in [-0.4, -0.2) is 21.4 Å². The molecule has 1 saturated carbocycles.